The Labute approximate surface area is 150 Å². The number of hydrogen-bond donors (Lipinski definition) is 2. The lowest BCUT2D eigenvalue weighted by Gasteiger charge is -2.41. The molecule has 2 atom stereocenters. The van der Waals surface area contributed by atoms with Gasteiger partial charge in [0, 0.05) is 37.8 Å². The second kappa shape index (κ2) is 8.79. The Hall–Kier alpha value is -1.43. The van der Waals surface area contributed by atoms with Gasteiger partial charge in [0.15, 0.2) is 0 Å². The molecule has 0 spiro atoms. The lowest BCUT2D eigenvalue weighted by Crippen LogP contribution is -2.52. The molecule has 0 aromatic heterocycles. The summed E-state index contributed by atoms with van der Waals surface area (Å²) in [5.41, 5.74) is 1.62. The first-order valence-corrected chi connectivity index (χ1v) is 9.49. The summed E-state index contributed by atoms with van der Waals surface area (Å²) in [7, 11) is 1.64. The first-order valence-electron chi connectivity index (χ1n) is 9.49. The largest absolute Gasteiger partial charge is 0.391 e. The number of carbonyl (C=O) groups is 1. The number of ether oxygens (including phenoxy) is 1. The number of amides is 1. The molecular formula is C20H30N2O3. The van der Waals surface area contributed by atoms with Gasteiger partial charge in [0.1, 0.15) is 0 Å². The van der Waals surface area contributed by atoms with E-state index < -0.39 is 0 Å². The third-order valence-electron chi connectivity index (χ3n) is 5.59. The van der Waals surface area contributed by atoms with E-state index >= 15 is 0 Å². The molecule has 1 heterocycles. The Morgan fingerprint density at radius 2 is 1.92 bits per heavy atom. The van der Waals surface area contributed by atoms with E-state index in [0.29, 0.717) is 18.2 Å². The van der Waals surface area contributed by atoms with E-state index in [4.69, 9.17) is 4.74 Å². The number of piperidine rings is 1. The van der Waals surface area contributed by atoms with E-state index in [1.54, 1.807) is 7.11 Å². The average Bonchev–Trinajstić information content (AvgIpc) is 2.64. The number of hydrogen-bond acceptors (Lipinski definition) is 4. The smallest absolute Gasteiger partial charge is 0.251 e. The summed E-state index contributed by atoms with van der Waals surface area (Å²) in [6, 6.07) is 8.14. The van der Waals surface area contributed by atoms with Crippen LogP contribution in [0.1, 0.15) is 54.4 Å². The Bertz CT molecular complexity index is 570. The minimum atomic E-state index is -0.180. The molecule has 2 aliphatic rings. The van der Waals surface area contributed by atoms with Gasteiger partial charge in [-0.25, -0.2) is 0 Å². The van der Waals surface area contributed by atoms with Crippen LogP contribution in [-0.2, 0) is 11.3 Å². The lowest BCUT2D eigenvalue weighted by atomic mass is 9.89. The third-order valence-corrected chi connectivity index (χ3v) is 5.59. The predicted molar refractivity (Wildman–Crippen MR) is 97.5 cm³/mol. The average molecular weight is 346 g/mol. The molecule has 1 aromatic carbocycles. The van der Waals surface area contributed by atoms with E-state index in [1.807, 2.05) is 24.3 Å². The van der Waals surface area contributed by atoms with Crippen LogP contribution in [0.15, 0.2) is 24.3 Å². The van der Waals surface area contributed by atoms with Crippen molar-refractivity contribution in [1.82, 2.24) is 10.2 Å². The van der Waals surface area contributed by atoms with Crippen molar-refractivity contribution >= 4 is 5.91 Å². The molecule has 2 unspecified atom stereocenters. The minimum Gasteiger partial charge on any atom is -0.391 e. The van der Waals surface area contributed by atoms with Crippen molar-refractivity contribution in [3.63, 3.8) is 0 Å². The van der Waals surface area contributed by atoms with Crippen LogP contribution in [0.3, 0.4) is 0 Å². The van der Waals surface area contributed by atoms with Crippen molar-refractivity contribution in [2.75, 3.05) is 20.2 Å². The highest BCUT2D eigenvalue weighted by atomic mass is 16.5. The Morgan fingerprint density at radius 3 is 2.64 bits per heavy atom. The maximum Gasteiger partial charge on any atom is 0.251 e. The zero-order valence-electron chi connectivity index (χ0n) is 15.1. The zero-order chi connectivity index (χ0) is 17.6. The highest BCUT2D eigenvalue weighted by Crippen LogP contribution is 2.26. The van der Waals surface area contributed by atoms with Gasteiger partial charge in [-0.15, -0.1) is 0 Å². The maximum atomic E-state index is 12.6. The van der Waals surface area contributed by atoms with Gasteiger partial charge in [-0.05, 0) is 37.3 Å². The predicted octanol–water partition coefficient (Wildman–Crippen LogP) is 2.33. The van der Waals surface area contributed by atoms with Gasteiger partial charge >= 0.3 is 0 Å². The number of carbonyl (C=O) groups excluding carboxylic acids is 1. The Kier molecular flexibility index (Phi) is 6.45. The van der Waals surface area contributed by atoms with Crippen molar-refractivity contribution in [3.8, 4) is 0 Å². The minimum absolute atomic E-state index is 0.0104. The van der Waals surface area contributed by atoms with Crippen LogP contribution >= 0.6 is 0 Å². The summed E-state index contributed by atoms with van der Waals surface area (Å²) in [5, 5.41) is 13.4. The van der Waals surface area contributed by atoms with Gasteiger partial charge in [-0.3, -0.25) is 9.69 Å². The number of likely N-dealkylation sites (tertiary alicyclic amines) is 1. The molecule has 1 saturated carbocycles. The van der Waals surface area contributed by atoms with Gasteiger partial charge in [0.05, 0.1) is 12.7 Å². The molecule has 3 rings (SSSR count). The molecule has 1 amide bonds. The molecule has 0 radical (unpaired) electrons. The first kappa shape index (κ1) is 18.4. The standard InChI is InChI=1S/C20H30N2O3/c1-25-14-15-6-2-3-7-17(15)20(24)21-16-10-12-22(13-11-16)18-8-4-5-9-19(18)23/h2-3,6-7,16,18-19,23H,4-5,8-14H2,1H3,(H,21,24). The van der Waals surface area contributed by atoms with Crippen LogP contribution in [0.5, 0.6) is 0 Å². The topological polar surface area (TPSA) is 61.8 Å². The molecule has 5 heteroatoms. The molecule has 1 aliphatic carbocycles. The molecule has 0 bridgehead atoms. The fourth-order valence-corrected chi connectivity index (χ4v) is 4.18. The molecule has 2 N–H and O–H groups in total. The lowest BCUT2D eigenvalue weighted by molar-refractivity contribution is 0.00727. The fraction of sp³-hybridized carbons (Fsp3) is 0.650. The summed E-state index contributed by atoms with van der Waals surface area (Å²) in [6.07, 6.45) is 6.10. The second-order valence-electron chi connectivity index (χ2n) is 7.29. The number of aliphatic hydroxyl groups excluding tert-OH is 1. The molecule has 1 aliphatic heterocycles. The molecule has 25 heavy (non-hydrogen) atoms. The molecule has 1 aromatic rings. The monoisotopic (exact) mass is 346 g/mol. The van der Waals surface area contributed by atoms with Crippen LogP contribution in [0.4, 0.5) is 0 Å². The van der Waals surface area contributed by atoms with Gasteiger partial charge in [0.2, 0.25) is 0 Å². The molecule has 2 fully saturated rings. The number of rotatable bonds is 5. The van der Waals surface area contributed by atoms with Crippen LogP contribution in [0, 0.1) is 0 Å². The van der Waals surface area contributed by atoms with E-state index in [-0.39, 0.29) is 18.1 Å². The number of benzene rings is 1. The first-order chi connectivity index (χ1) is 12.2. The van der Waals surface area contributed by atoms with E-state index in [0.717, 1.165) is 50.8 Å². The number of nitrogens with one attached hydrogen (secondary N) is 1. The van der Waals surface area contributed by atoms with Crippen LogP contribution in [-0.4, -0.2) is 54.3 Å². The maximum absolute atomic E-state index is 12.6. The van der Waals surface area contributed by atoms with Crippen LogP contribution < -0.4 is 5.32 Å². The van der Waals surface area contributed by atoms with Crippen molar-refractivity contribution < 1.29 is 14.6 Å². The van der Waals surface area contributed by atoms with Crippen molar-refractivity contribution in [1.29, 1.82) is 0 Å². The fourth-order valence-electron chi connectivity index (χ4n) is 4.18. The Morgan fingerprint density at radius 1 is 1.20 bits per heavy atom. The van der Waals surface area contributed by atoms with Gasteiger partial charge in [-0.1, -0.05) is 31.0 Å². The van der Waals surface area contributed by atoms with Gasteiger partial charge in [0.25, 0.3) is 5.91 Å². The normalized spacial score (nSPS) is 25.7. The SMILES string of the molecule is COCc1ccccc1C(=O)NC1CCN(C2CCCCC2O)CC1. The summed E-state index contributed by atoms with van der Waals surface area (Å²) in [4.78, 5) is 15.0. The third kappa shape index (κ3) is 4.60. The molecule has 138 valence electrons. The Balaban J connectivity index is 1.53. The number of aliphatic hydroxyl groups is 1. The highest BCUT2D eigenvalue weighted by molar-refractivity contribution is 5.95. The summed E-state index contributed by atoms with van der Waals surface area (Å²) >= 11 is 0. The molecule has 1 saturated heterocycles. The van der Waals surface area contributed by atoms with Crippen molar-refractivity contribution in [2.24, 2.45) is 0 Å². The van der Waals surface area contributed by atoms with Gasteiger partial charge in [-0.2, -0.15) is 0 Å². The van der Waals surface area contributed by atoms with Crippen molar-refractivity contribution in [2.45, 2.75) is 63.3 Å². The van der Waals surface area contributed by atoms with E-state index in [9.17, 15) is 9.90 Å². The van der Waals surface area contributed by atoms with Crippen molar-refractivity contribution in [3.05, 3.63) is 35.4 Å². The number of methoxy groups -OCH3 is 1. The summed E-state index contributed by atoms with van der Waals surface area (Å²) in [6.45, 7) is 2.35. The van der Waals surface area contributed by atoms with Crippen LogP contribution in [0.25, 0.3) is 0 Å². The number of nitrogens with zero attached hydrogens (tertiary/aromatic N) is 1. The summed E-state index contributed by atoms with van der Waals surface area (Å²) < 4.78 is 5.19. The van der Waals surface area contributed by atoms with Gasteiger partial charge < -0.3 is 15.2 Å². The molecular weight excluding hydrogens is 316 g/mol. The highest BCUT2D eigenvalue weighted by Gasteiger charge is 2.31. The van der Waals surface area contributed by atoms with E-state index in [1.165, 1.54) is 6.42 Å². The van der Waals surface area contributed by atoms with E-state index in [2.05, 4.69) is 10.2 Å². The zero-order valence-corrected chi connectivity index (χ0v) is 15.1. The molecule has 5 nitrogen and oxygen atoms in total. The summed E-state index contributed by atoms with van der Waals surface area (Å²) in [5.74, 6) is -0.0104. The van der Waals surface area contributed by atoms with Crippen LogP contribution in [0.2, 0.25) is 0 Å². The quantitative estimate of drug-likeness (QED) is 0.859. The second-order valence-corrected chi connectivity index (χ2v) is 7.29.